The minimum absolute atomic E-state index is 0.0578. The number of likely N-dealkylation sites (N-methyl/N-ethyl adjacent to an activating group) is 1. The maximum atomic E-state index is 12.4. The van der Waals surface area contributed by atoms with Crippen LogP contribution in [-0.4, -0.2) is 53.3 Å². The number of hydrogen-bond donors (Lipinski definition) is 1. The first kappa shape index (κ1) is 13.0. The Kier molecular flexibility index (Phi) is 3.65. The molecule has 2 atom stereocenters. The Morgan fingerprint density at radius 3 is 2.67 bits per heavy atom. The topological polar surface area (TPSA) is 69.7 Å². The summed E-state index contributed by atoms with van der Waals surface area (Å²) in [5, 5.41) is 5.78. The fourth-order valence-corrected chi connectivity index (χ4v) is 2.67. The van der Waals surface area contributed by atoms with E-state index in [0.717, 1.165) is 6.42 Å². The second-order valence-electron chi connectivity index (χ2n) is 4.85. The standard InChI is InChI=1S/C12H19N3O3/c1-8(16)10-4-3-7-14-11(17)6-5-9(13-2)12(18)15(10)14/h9-10,13H,3-7H2,1-2H3/t9-,10?/m0/s1. The number of carbonyl (C=O) groups excluding carboxylic acids is 3. The summed E-state index contributed by atoms with van der Waals surface area (Å²) in [6.07, 6.45) is 2.25. The van der Waals surface area contributed by atoms with Crippen LogP contribution in [0.5, 0.6) is 0 Å². The lowest BCUT2D eigenvalue weighted by Gasteiger charge is -2.42. The number of nitrogens with zero attached hydrogens (tertiary/aromatic N) is 2. The molecule has 2 aliphatic heterocycles. The van der Waals surface area contributed by atoms with E-state index in [1.807, 2.05) is 0 Å². The van der Waals surface area contributed by atoms with Crippen LogP contribution < -0.4 is 5.32 Å². The monoisotopic (exact) mass is 253 g/mol. The zero-order chi connectivity index (χ0) is 13.3. The maximum Gasteiger partial charge on any atom is 0.258 e. The summed E-state index contributed by atoms with van der Waals surface area (Å²) in [6, 6.07) is -0.858. The molecule has 0 aromatic heterocycles. The molecule has 1 unspecified atom stereocenters. The Bertz CT molecular complexity index is 383. The van der Waals surface area contributed by atoms with Crippen LogP contribution in [0.15, 0.2) is 0 Å². The van der Waals surface area contributed by atoms with Crippen LogP contribution in [-0.2, 0) is 14.4 Å². The second-order valence-corrected chi connectivity index (χ2v) is 4.85. The first-order chi connectivity index (χ1) is 8.56. The van der Waals surface area contributed by atoms with Gasteiger partial charge in [0.1, 0.15) is 6.04 Å². The van der Waals surface area contributed by atoms with Crippen molar-refractivity contribution in [1.29, 1.82) is 0 Å². The number of Topliss-reactive ketones (excluding diaryl/α,β-unsaturated/α-hetero) is 1. The lowest BCUT2D eigenvalue weighted by atomic mass is 10.0. The molecule has 2 amide bonds. The third-order valence-corrected chi connectivity index (χ3v) is 3.68. The molecule has 0 aliphatic carbocycles. The minimum Gasteiger partial charge on any atom is -0.309 e. The zero-order valence-corrected chi connectivity index (χ0v) is 10.8. The Labute approximate surface area is 106 Å². The van der Waals surface area contributed by atoms with Crippen LogP contribution >= 0.6 is 0 Å². The molecule has 0 spiro atoms. The molecule has 6 heteroatoms. The van der Waals surface area contributed by atoms with E-state index in [2.05, 4.69) is 5.32 Å². The Balaban J connectivity index is 2.34. The number of hydrazine groups is 1. The molecule has 6 nitrogen and oxygen atoms in total. The van der Waals surface area contributed by atoms with Crippen LogP contribution in [0.4, 0.5) is 0 Å². The zero-order valence-electron chi connectivity index (χ0n) is 10.8. The summed E-state index contributed by atoms with van der Waals surface area (Å²) in [6.45, 7) is 2.01. The van der Waals surface area contributed by atoms with Gasteiger partial charge in [-0.05, 0) is 33.2 Å². The van der Waals surface area contributed by atoms with Crippen molar-refractivity contribution in [3.8, 4) is 0 Å². The SMILES string of the molecule is CN[C@H]1CCC(=O)N2CCCC(C(C)=O)N2C1=O. The first-order valence-electron chi connectivity index (χ1n) is 6.37. The predicted octanol–water partition coefficient (Wildman–Crippen LogP) is -0.308. The summed E-state index contributed by atoms with van der Waals surface area (Å²) >= 11 is 0. The van der Waals surface area contributed by atoms with Gasteiger partial charge in [-0.2, -0.15) is 0 Å². The highest BCUT2D eigenvalue weighted by Crippen LogP contribution is 2.24. The van der Waals surface area contributed by atoms with Crippen molar-refractivity contribution in [2.75, 3.05) is 13.6 Å². The highest BCUT2D eigenvalue weighted by Gasteiger charge is 2.42. The molecule has 0 radical (unpaired) electrons. The molecule has 2 saturated heterocycles. The Hall–Kier alpha value is -1.43. The average molecular weight is 253 g/mol. The van der Waals surface area contributed by atoms with Crippen molar-refractivity contribution in [2.24, 2.45) is 0 Å². The third-order valence-electron chi connectivity index (χ3n) is 3.68. The van der Waals surface area contributed by atoms with Crippen LogP contribution in [0, 0.1) is 0 Å². The van der Waals surface area contributed by atoms with Gasteiger partial charge in [0.25, 0.3) is 5.91 Å². The smallest absolute Gasteiger partial charge is 0.258 e. The molecular weight excluding hydrogens is 234 g/mol. The summed E-state index contributed by atoms with van der Waals surface area (Å²) in [7, 11) is 1.70. The molecule has 2 rings (SSSR count). The van der Waals surface area contributed by atoms with Gasteiger partial charge in [0.2, 0.25) is 5.91 Å². The van der Waals surface area contributed by atoms with E-state index in [-0.39, 0.29) is 23.6 Å². The van der Waals surface area contributed by atoms with Gasteiger partial charge in [0.05, 0.1) is 6.04 Å². The first-order valence-corrected chi connectivity index (χ1v) is 6.37. The number of rotatable bonds is 2. The summed E-state index contributed by atoms with van der Waals surface area (Å²) < 4.78 is 0. The van der Waals surface area contributed by atoms with Crippen molar-refractivity contribution in [1.82, 2.24) is 15.3 Å². The van der Waals surface area contributed by atoms with Crippen LogP contribution in [0.1, 0.15) is 32.6 Å². The van der Waals surface area contributed by atoms with Gasteiger partial charge in [0.15, 0.2) is 5.78 Å². The van der Waals surface area contributed by atoms with E-state index in [0.29, 0.717) is 25.8 Å². The van der Waals surface area contributed by atoms with Gasteiger partial charge in [-0.25, -0.2) is 5.01 Å². The highest BCUT2D eigenvalue weighted by molar-refractivity contribution is 5.93. The van der Waals surface area contributed by atoms with Gasteiger partial charge < -0.3 is 5.32 Å². The van der Waals surface area contributed by atoms with Crippen LogP contribution in [0.25, 0.3) is 0 Å². The van der Waals surface area contributed by atoms with Crippen LogP contribution in [0.3, 0.4) is 0 Å². The second kappa shape index (κ2) is 5.06. The summed E-state index contributed by atoms with van der Waals surface area (Å²) in [4.78, 5) is 36.1. The molecule has 0 saturated carbocycles. The van der Waals surface area contributed by atoms with Gasteiger partial charge in [-0.3, -0.25) is 19.4 Å². The van der Waals surface area contributed by atoms with Crippen molar-refractivity contribution < 1.29 is 14.4 Å². The lowest BCUT2D eigenvalue weighted by Crippen LogP contribution is -2.61. The van der Waals surface area contributed by atoms with Gasteiger partial charge in [0, 0.05) is 13.0 Å². The number of hydrogen-bond acceptors (Lipinski definition) is 4. The van der Waals surface area contributed by atoms with E-state index >= 15 is 0 Å². The highest BCUT2D eigenvalue weighted by atomic mass is 16.2. The number of amides is 2. The predicted molar refractivity (Wildman–Crippen MR) is 64.3 cm³/mol. The summed E-state index contributed by atoms with van der Waals surface area (Å²) in [5.74, 6) is -0.284. The van der Waals surface area contributed by atoms with Gasteiger partial charge in [-0.1, -0.05) is 0 Å². The van der Waals surface area contributed by atoms with Crippen molar-refractivity contribution in [3.05, 3.63) is 0 Å². The molecule has 0 bridgehead atoms. The van der Waals surface area contributed by atoms with Crippen LogP contribution in [0.2, 0.25) is 0 Å². The molecule has 100 valence electrons. The van der Waals surface area contributed by atoms with Gasteiger partial charge in [-0.15, -0.1) is 0 Å². The number of nitrogens with one attached hydrogen (secondary N) is 1. The molecule has 0 aromatic rings. The molecule has 1 N–H and O–H groups in total. The normalized spacial score (nSPS) is 29.0. The minimum atomic E-state index is -0.482. The third kappa shape index (κ3) is 2.12. The van der Waals surface area contributed by atoms with Crippen molar-refractivity contribution in [3.63, 3.8) is 0 Å². The largest absolute Gasteiger partial charge is 0.309 e. The molecule has 18 heavy (non-hydrogen) atoms. The molecular formula is C12H19N3O3. The number of ketones is 1. The number of fused-ring (bicyclic) bond motifs is 1. The Morgan fingerprint density at radius 1 is 1.33 bits per heavy atom. The van der Waals surface area contributed by atoms with Gasteiger partial charge >= 0.3 is 0 Å². The van der Waals surface area contributed by atoms with E-state index in [1.54, 1.807) is 7.05 Å². The van der Waals surface area contributed by atoms with Crippen molar-refractivity contribution in [2.45, 2.75) is 44.7 Å². The molecule has 2 heterocycles. The maximum absolute atomic E-state index is 12.4. The molecule has 2 aliphatic rings. The van der Waals surface area contributed by atoms with E-state index < -0.39 is 6.04 Å². The van der Waals surface area contributed by atoms with E-state index in [1.165, 1.54) is 16.9 Å². The molecule has 0 aromatic carbocycles. The van der Waals surface area contributed by atoms with E-state index in [9.17, 15) is 14.4 Å². The quantitative estimate of drug-likeness (QED) is 0.733. The number of carbonyl (C=O) groups is 3. The molecule has 2 fully saturated rings. The fraction of sp³-hybridized carbons (Fsp3) is 0.750. The van der Waals surface area contributed by atoms with E-state index in [4.69, 9.17) is 0 Å². The average Bonchev–Trinajstić information content (AvgIpc) is 2.48. The fourth-order valence-electron chi connectivity index (χ4n) is 2.67. The lowest BCUT2D eigenvalue weighted by molar-refractivity contribution is -0.175. The summed E-state index contributed by atoms with van der Waals surface area (Å²) in [5.41, 5.74) is 0. The van der Waals surface area contributed by atoms with Crippen molar-refractivity contribution >= 4 is 17.6 Å². The Morgan fingerprint density at radius 2 is 2.06 bits per heavy atom.